The van der Waals surface area contributed by atoms with Crippen LogP contribution >= 0.6 is 24.0 Å². The van der Waals surface area contributed by atoms with E-state index in [-0.39, 0.29) is 22.3 Å². The Bertz CT molecular complexity index is 563. The van der Waals surface area contributed by atoms with E-state index >= 15 is 0 Å². The molecule has 4 nitrogen and oxygen atoms in total. The minimum Gasteiger partial charge on any atom is -0.316 e. The Morgan fingerprint density at radius 2 is 2.19 bits per heavy atom. The van der Waals surface area contributed by atoms with Crippen LogP contribution in [0.15, 0.2) is 23.1 Å². The van der Waals surface area contributed by atoms with E-state index in [1.54, 1.807) is 0 Å². The molecular weight excluding hydrogens is 338 g/mol. The fourth-order valence-electron chi connectivity index (χ4n) is 2.33. The largest absolute Gasteiger partial charge is 0.316 e. The first-order chi connectivity index (χ1) is 9.49. The average Bonchev–Trinajstić information content (AvgIpc) is 2.42. The van der Waals surface area contributed by atoms with Crippen LogP contribution in [-0.2, 0) is 10.0 Å². The lowest BCUT2D eigenvalue weighted by Crippen LogP contribution is -2.33. The zero-order chi connectivity index (χ0) is 14.6. The van der Waals surface area contributed by atoms with Crippen LogP contribution < -0.4 is 10.0 Å². The van der Waals surface area contributed by atoms with Crippen molar-refractivity contribution in [3.63, 3.8) is 0 Å². The molecule has 1 aliphatic rings. The smallest absolute Gasteiger partial charge is 0.242 e. The molecule has 0 spiro atoms. The van der Waals surface area contributed by atoms with Gasteiger partial charge in [-0.25, -0.2) is 17.5 Å². The molecule has 0 bridgehead atoms. The van der Waals surface area contributed by atoms with Crippen LogP contribution in [0.4, 0.5) is 4.39 Å². The van der Waals surface area contributed by atoms with Gasteiger partial charge in [-0.1, -0.05) is 11.6 Å². The molecule has 1 heterocycles. The summed E-state index contributed by atoms with van der Waals surface area (Å²) in [5.74, 6) is -0.138. The molecule has 1 aliphatic heterocycles. The minimum absolute atomic E-state index is 0. The van der Waals surface area contributed by atoms with Gasteiger partial charge >= 0.3 is 0 Å². The van der Waals surface area contributed by atoms with Crippen LogP contribution in [0.5, 0.6) is 0 Å². The van der Waals surface area contributed by atoms with Gasteiger partial charge in [-0.2, -0.15) is 0 Å². The molecule has 2 rings (SSSR count). The summed E-state index contributed by atoms with van der Waals surface area (Å²) >= 11 is 5.81. The lowest BCUT2D eigenvalue weighted by atomic mass is 9.96. The second kappa shape index (κ2) is 8.29. The highest BCUT2D eigenvalue weighted by atomic mass is 35.5. The second-order valence-electron chi connectivity index (χ2n) is 4.97. The molecule has 0 radical (unpaired) electrons. The summed E-state index contributed by atoms with van der Waals surface area (Å²) in [6.45, 7) is 2.28. The van der Waals surface area contributed by atoms with Crippen LogP contribution in [0.3, 0.4) is 0 Å². The van der Waals surface area contributed by atoms with Crippen molar-refractivity contribution >= 4 is 34.0 Å². The Morgan fingerprint density at radius 3 is 2.86 bits per heavy atom. The van der Waals surface area contributed by atoms with Gasteiger partial charge in [0.2, 0.25) is 10.0 Å². The third kappa shape index (κ3) is 5.38. The lowest BCUT2D eigenvalue weighted by molar-refractivity contribution is 0.358. The number of piperidine rings is 1. The van der Waals surface area contributed by atoms with Crippen molar-refractivity contribution in [3.8, 4) is 0 Å². The number of sulfonamides is 1. The van der Waals surface area contributed by atoms with Crippen molar-refractivity contribution in [1.82, 2.24) is 10.0 Å². The number of benzene rings is 1. The average molecular weight is 357 g/mol. The molecule has 0 saturated carbocycles. The van der Waals surface area contributed by atoms with Gasteiger partial charge in [0.25, 0.3) is 0 Å². The normalized spacial score (nSPS) is 19.0. The lowest BCUT2D eigenvalue weighted by Gasteiger charge is -2.22. The third-order valence-electron chi connectivity index (χ3n) is 3.43. The van der Waals surface area contributed by atoms with Gasteiger partial charge in [0, 0.05) is 6.54 Å². The van der Waals surface area contributed by atoms with E-state index in [1.807, 2.05) is 0 Å². The van der Waals surface area contributed by atoms with Crippen molar-refractivity contribution in [2.75, 3.05) is 19.6 Å². The fourth-order valence-corrected chi connectivity index (χ4v) is 3.89. The van der Waals surface area contributed by atoms with Crippen molar-refractivity contribution < 1.29 is 12.8 Å². The number of hydrogen-bond acceptors (Lipinski definition) is 3. The number of nitrogens with one attached hydrogen (secondary N) is 2. The van der Waals surface area contributed by atoms with E-state index in [1.165, 1.54) is 6.07 Å². The number of halogens is 3. The Hall–Kier alpha value is -0.400. The highest BCUT2D eigenvalue weighted by Crippen LogP contribution is 2.22. The van der Waals surface area contributed by atoms with Gasteiger partial charge in [0.05, 0.1) is 5.02 Å². The summed E-state index contributed by atoms with van der Waals surface area (Å²) in [5.41, 5.74) is 0. The predicted molar refractivity (Wildman–Crippen MR) is 84.1 cm³/mol. The first-order valence-electron chi connectivity index (χ1n) is 6.64. The van der Waals surface area contributed by atoms with Crippen LogP contribution in [0.1, 0.15) is 19.3 Å². The van der Waals surface area contributed by atoms with Crippen LogP contribution in [0, 0.1) is 11.7 Å². The van der Waals surface area contributed by atoms with Gasteiger partial charge in [-0.3, -0.25) is 0 Å². The van der Waals surface area contributed by atoms with Crippen LogP contribution in [0.2, 0.25) is 5.02 Å². The Morgan fingerprint density at radius 1 is 1.43 bits per heavy atom. The molecule has 1 unspecified atom stereocenters. The van der Waals surface area contributed by atoms with E-state index in [9.17, 15) is 12.8 Å². The van der Waals surface area contributed by atoms with E-state index < -0.39 is 15.8 Å². The summed E-state index contributed by atoms with van der Waals surface area (Å²) < 4.78 is 39.8. The van der Waals surface area contributed by atoms with Gasteiger partial charge in [0.15, 0.2) is 0 Å². The quantitative estimate of drug-likeness (QED) is 0.852. The molecule has 1 aromatic rings. The van der Waals surface area contributed by atoms with Crippen molar-refractivity contribution in [1.29, 1.82) is 0 Å². The van der Waals surface area contributed by atoms with Crippen molar-refractivity contribution in [3.05, 3.63) is 29.0 Å². The van der Waals surface area contributed by atoms with E-state index in [0.29, 0.717) is 12.5 Å². The first kappa shape index (κ1) is 18.6. The molecule has 120 valence electrons. The van der Waals surface area contributed by atoms with Crippen LogP contribution in [0.25, 0.3) is 0 Å². The van der Waals surface area contributed by atoms with Gasteiger partial charge in [0.1, 0.15) is 10.7 Å². The maximum Gasteiger partial charge on any atom is 0.242 e. The molecule has 1 atom stereocenters. The number of hydrogen-bond donors (Lipinski definition) is 2. The molecule has 21 heavy (non-hydrogen) atoms. The topological polar surface area (TPSA) is 58.2 Å². The molecule has 0 aromatic heterocycles. The van der Waals surface area contributed by atoms with Crippen molar-refractivity contribution in [2.24, 2.45) is 5.92 Å². The molecule has 0 aliphatic carbocycles. The Balaban J connectivity index is 0.00000220. The zero-order valence-corrected chi connectivity index (χ0v) is 13.8. The molecular formula is C13H19Cl2FN2O2S. The second-order valence-corrected chi connectivity index (χ2v) is 7.12. The van der Waals surface area contributed by atoms with E-state index in [4.69, 9.17) is 11.6 Å². The maximum absolute atomic E-state index is 13.1. The first-order valence-corrected chi connectivity index (χ1v) is 8.50. The Kier molecular flexibility index (Phi) is 7.36. The summed E-state index contributed by atoms with van der Waals surface area (Å²) in [5, 5.41) is 3.31. The van der Waals surface area contributed by atoms with Crippen LogP contribution in [-0.4, -0.2) is 28.1 Å². The highest BCUT2D eigenvalue weighted by Gasteiger charge is 2.19. The summed E-state index contributed by atoms with van der Waals surface area (Å²) in [6, 6.07) is 3.32. The highest BCUT2D eigenvalue weighted by molar-refractivity contribution is 7.89. The molecule has 1 fully saturated rings. The maximum atomic E-state index is 13.1. The monoisotopic (exact) mass is 356 g/mol. The summed E-state index contributed by atoms with van der Waals surface area (Å²) in [7, 11) is -3.76. The third-order valence-corrected chi connectivity index (χ3v) is 5.37. The minimum atomic E-state index is -3.76. The van der Waals surface area contributed by atoms with Crippen molar-refractivity contribution in [2.45, 2.75) is 24.2 Å². The SMILES string of the molecule is Cl.O=S(=O)(NCCC1CCCNC1)c1cc(F)ccc1Cl. The fraction of sp³-hybridized carbons (Fsp3) is 0.538. The van der Waals surface area contributed by atoms with Gasteiger partial charge in [-0.15, -0.1) is 12.4 Å². The molecule has 1 saturated heterocycles. The zero-order valence-electron chi connectivity index (χ0n) is 11.4. The Labute approximate surface area is 135 Å². The van der Waals surface area contributed by atoms with Gasteiger partial charge in [-0.05, 0) is 56.5 Å². The molecule has 8 heteroatoms. The standard InChI is InChI=1S/C13H18ClFN2O2S.ClH/c14-12-4-3-11(15)8-13(12)20(18,19)17-7-5-10-2-1-6-16-9-10;/h3-4,8,10,16-17H,1-2,5-7,9H2;1H. The molecule has 0 amide bonds. The van der Waals surface area contributed by atoms with Gasteiger partial charge < -0.3 is 5.32 Å². The summed E-state index contributed by atoms with van der Waals surface area (Å²) in [6.07, 6.45) is 2.99. The molecule has 1 aromatic carbocycles. The number of rotatable bonds is 5. The molecule has 2 N–H and O–H groups in total. The van der Waals surface area contributed by atoms with E-state index in [2.05, 4.69) is 10.0 Å². The summed E-state index contributed by atoms with van der Waals surface area (Å²) in [4.78, 5) is -0.207. The predicted octanol–water partition coefficient (Wildman–Crippen LogP) is 2.57. The van der Waals surface area contributed by atoms with E-state index in [0.717, 1.165) is 44.5 Å².